The number of alkyl halides is 3. The van der Waals surface area contributed by atoms with E-state index in [1.165, 1.54) is 23.9 Å². The van der Waals surface area contributed by atoms with Gasteiger partial charge < -0.3 is 15.1 Å². The normalized spacial score (nSPS) is 17.8. The molecule has 0 bridgehead atoms. The SMILES string of the molecule is CCN(CCN1C(=O)CS[C@@H]1c1ccc(C(F)(F)F)cc1)C(=O)NC(C)(C)C. The van der Waals surface area contributed by atoms with Gasteiger partial charge in [-0.15, -0.1) is 11.8 Å². The van der Waals surface area contributed by atoms with Gasteiger partial charge in [0.05, 0.1) is 11.3 Å². The van der Waals surface area contributed by atoms with Gasteiger partial charge in [0.1, 0.15) is 5.37 Å². The molecule has 0 radical (unpaired) electrons. The Morgan fingerprint density at radius 2 is 1.86 bits per heavy atom. The highest BCUT2D eigenvalue weighted by Gasteiger charge is 2.35. The van der Waals surface area contributed by atoms with Crippen LogP contribution in [0.25, 0.3) is 0 Å². The second-order valence-corrected chi connectivity index (χ2v) is 8.70. The number of hydrogen-bond donors (Lipinski definition) is 1. The van der Waals surface area contributed by atoms with Crippen LogP contribution < -0.4 is 5.32 Å². The van der Waals surface area contributed by atoms with E-state index in [9.17, 15) is 22.8 Å². The van der Waals surface area contributed by atoms with Crippen molar-refractivity contribution in [1.82, 2.24) is 15.1 Å². The van der Waals surface area contributed by atoms with Gasteiger partial charge in [-0.1, -0.05) is 12.1 Å². The Kier molecular flexibility index (Phi) is 6.90. The molecule has 1 fully saturated rings. The summed E-state index contributed by atoms with van der Waals surface area (Å²) in [6.07, 6.45) is -4.39. The summed E-state index contributed by atoms with van der Waals surface area (Å²) in [7, 11) is 0. The van der Waals surface area contributed by atoms with Crippen LogP contribution in [0.15, 0.2) is 24.3 Å². The molecule has 1 aromatic rings. The van der Waals surface area contributed by atoms with Gasteiger partial charge in [-0.2, -0.15) is 13.2 Å². The number of nitrogens with zero attached hydrogens (tertiary/aromatic N) is 2. The maximum absolute atomic E-state index is 12.8. The molecule has 0 saturated carbocycles. The van der Waals surface area contributed by atoms with Gasteiger partial charge >= 0.3 is 12.2 Å². The van der Waals surface area contributed by atoms with Crippen LogP contribution in [0.3, 0.4) is 0 Å². The lowest BCUT2D eigenvalue weighted by Crippen LogP contribution is -2.50. The number of nitrogens with one attached hydrogen (secondary N) is 1. The molecule has 1 saturated heterocycles. The van der Waals surface area contributed by atoms with Crippen LogP contribution in [0.5, 0.6) is 0 Å². The van der Waals surface area contributed by atoms with Gasteiger partial charge in [0.15, 0.2) is 0 Å². The second-order valence-electron chi connectivity index (χ2n) is 7.63. The maximum Gasteiger partial charge on any atom is 0.416 e. The van der Waals surface area contributed by atoms with Crippen molar-refractivity contribution in [3.63, 3.8) is 0 Å². The lowest BCUT2D eigenvalue weighted by Gasteiger charge is -2.30. The Morgan fingerprint density at radius 1 is 1.25 bits per heavy atom. The number of amides is 3. The summed E-state index contributed by atoms with van der Waals surface area (Å²) in [6.45, 7) is 8.68. The van der Waals surface area contributed by atoms with Gasteiger partial charge in [0.25, 0.3) is 0 Å². The Bertz CT molecular complexity index is 702. The lowest BCUT2D eigenvalue weighted by molar-refractivity contribution is -0.137. The molecular formula is C19H26F3N3O2S. The third-order valence-electron chi connectivity index (χ3n) is 4.25. The minimum Gasteiger partial charge on any atom is -0.333 e. The first-order valence-electron chi connectivity index (χ1n) is 9.07. The molecule has 0 aliphatic carbocycles. The zero-order valence-electron chi connectivity index (χ0n) is 16.5. The number of carbonyl (C=O) groups is 2. The molecule has 1 heterocycles. The average Bonchev–Trinajstić information content (AvgIpc) is 2.94. The average molecular weight is 417 g/mol. The Balaban J connectivity index is 2.06. The molecule has 0 unspecified atom stereocenters. The fraction of sp³-hybridized carbons (Fsp3) is 0.579. The first-order valence-corrected chi connectivity index (χ1v) is 10.1. The van der Waals surface area contributed by atoms with E-state index in [0.717, 1.165) is 12.1 Å². The number of rotatable bonds is 5. The second kappa shape index (κ2) is 8.63. The van der Waals surface area contributed by atoms with Gasteiger partial charge in [-0.05, 0) is 45.4 Å². The van der Waals surface area contributed by atoms with Crippen molar-refractivity contribution in [3.05, 3.63) is 35.4 Å². The molecule has 5 nitrogen and oxygen atoms in total. The molecule has 1 aromatic carbocycles. The summed E-state index contributed by atoms with van der Waals surface area (Å²) >= 11 is 1.38. The highest BCUT2D eigenvalue weighted by Crippen LogP contribution is 2.39. The number of hydrogen-bond acceptors (Lipinski definition) is 3. The van der Waals surface area contributed by atoms with Crippen LogP contribution in [0.1, 0.15) is 44.2 Å². The van der Waals surface area contributed by atoms with Crippen molar-refractivity contribution in [3.8, 4) is 0 Å². The lowest BCUT2D eigenvalue weighted by atomic mass is 10.1. The molecule has 3 amide bonds. The Morgan fingerprint density at radius 3 is 2.36 bits per heavy atom. The van der Waals surface area contributed by atoms with E-state index in [1.807, 2.05) is 27.7 Å². The van der Waals surface area contributed by atoms with Crippen LogP contribution in [0.2, 0.25) is 0 Å². The van der Waals surface area contributed by atoms with Gasteiger partial charge in [0, 0.05) is 25.2 Å². The molecule has 1 N–H and O–H groups in total. The van der Waals surface area contributed by atoms with Crippen molar-refractivity contribution in [1.29, 1.82) is 0 Å². The van der Waals surface area contributed by atoms with Gasteiger partial charge in [-0.25, -0.2) is 4.79 Å². The summed E-state index contributed by atoms with van der Waals surface area (Å²) in [5.74, 6) is 0.189. The molecule has 1 aliphatic heterocycles. The standard InChI is InChI=1S/C19H26F3N3O2S/c1-5-24(17(27)23-18(2,3)4)10-11-25-15(26)12-28-16(25)13-6-8-14(9-7-13)19(20,21)22/h6-9,16H,5,10-12H2,1-4H3,(H,23,27)/t16-/m1/s1. The molecule has 9 heteroatoms. The fourth-order valence-corrected chi connectivity index (χ4v) is 4.06. The highest BCUT2D eigenvalue weighted by atomic mass is 32.2. The van der Waals surface area contributed by atoms with Crippen molar-refractivity contribution in [2.24, 2.45) is 0 Å². The predicted octanol–water partition coefficient (Wildman–Crippen LogP) is 4.11. The van der Waals surface area contributed by atoms with E-state index < -0.39 is 11.7 Å². The summed E-state index contributed by atoms with van der Waals surface area (Å²) < 4.78 is 38.3. The topological polar surface area (TPSA) is 52.7 Å². The molecule has 156 valence electrons. The Labute approximate surface area is 167 Å². The highest BCUT2D eigenvalue weighted by molar-refractivity contribution is 8.00. The number of thioether (sulfide) groups is 1. The summed E-state index contributed by atoms with van der Waals surface area (Å²) in [5.41, 5.74) is -0.439. The number of halogens is 3. The minimum absolute atomic E-state index is 0.0813. The molecule has 1 aliphatic rings. The minimum atomic E-state index is -4.39. The number of carbonyl (C=O) groups excluding carboxylic acids is 2. The van der Waals surface area contributed by atoms with E-state index in [4.69, 9.17) is 0 Å². The smallest absolute Gasteiger partial charge is 0.333 e. The van der Waals surface area contributed by atoms with Gasteiger partial charge in [-0.3, -0.25) is 4.79 Å². The summed E-state index contributed by atoms with van der Waals surface area (Å²) in [6, 6.07) is 4.68. The zero-order valence-corrected chi connectivity index (χ0v) is 17.3. The largest absolute Gasteiger partial charge is 0.416 e. The predicted molar refractivity (Wildman–Crippen MR) is 104 cm³/mol. The van der Waals surface area contributed by atoms with E-state index in [-0.39, 0.29) is 28.6 Å². The van der Waals surface area contributed by atoms with Crippen molar-refractivity contribution >= 4 is 23.7 Å². The third kappa shape index (κ3) is 5.80. The van der Waals surface area contributed by atoms with E-state index >= 15 is 0 Å². The van der Waals surface area contributed by atoms with Crippen LogP contribution in [0.4, 0.5) is 18.0 Å². The van der Waals surface area contributed by atoms with Gasteiger partial charge in [0.2, 0.25) is 5.91 Å². The molecule has 0 spiro atoms. The van der Waals surface area contributed by atoms with Crippen LogP contribution in [-0.2, 0) is 11.0 Å². The summed E-state index contributed by atoms with van der Waals surface area (Å²) in [4.78, 5) is 27.9. The third-order valence-corrected chi connectivity index (χ3v) is 5.51. The number of likely N-dealkylation sites (N-methyl/N-ethyl adjacent to an activating group) is 1. The van der Waals surface area contributed by atoms with E-state index in [0.29, 0.717) is 25.2 Å². The summed E-state index contributed by atoms with van der Waals surface area (Å²) in [5, 5.41) is 2.54. The zero-order chi connectivity index (χ0) is 21.1. The van der Waals surface area contributed by atoms with Crippen LogP contribution in [-0.4, -0.2) is 52.7 Å². The molecular weight excluding hydrogens is 391 g/mol. The first kappa shape index (κ1) is 22.4. The van der Waals surface area contributed by atoms with Crippen LogP contribution >= 0.6 is 11.8 Å². The molecule has 1 atom stereocenters. The Hall–Kier alpha value is -1.90. The van der Waals surface area contributed by atoms with E-state index in [2.05, 4.69) is 5.32 Å². The first-order chi connectivity index (χ1) is 12.9. The fourth-order valence-electron chi connectivity index (χ4n) is 2.84. The van der Waals surface area contributed by atoms with E-state index in [1.54, 1.807) is 9.80 Å². The molecule has 2 rings (SSSR count). The quantitative estimate of drug-likeness (QED) is 0.785. The molecule has 28 heavy (non-hydrogen) atoms. The van der Waals surface area contributed by atoms with Crippen LogP contribution in [0, 0.1) is 0 Å². The monoisotopic (exact) mass is 417 g/mol. The van der Waals surface area contributed by atoms with Crippen molar-refractivity contribution < 1.29 is 22.8 Å². The number of urea groups is 1. The maximum atomic E-state index is 12.8. The van der Waals surface area contributed by atoms with Crippen molar-refractivity contribution in [2.75, 3.05) is 25.4 Å². The van der Waals surface area contributed by atoms with Crippen molar-refractivity contribution in [2.45, 2.75) is 44.8 Å². The number of benzene rings is 1. The molecule has 0 aromatic heterocycles.